The molecule has 0 aromatic heterocycles. The number of nitrogens with zero attached hydrogens (tertiary/aromatic N) is 1. The molecule has 0 aliphatic rings. The summed E-state index contributed by atoms with van der Waals surface area (Å²) in [5.41, 5.74) is -0.452. The van der Waals surface area contributed by atoms with Gasteiger partial charge in [0.15, 0.2) is 0 Å². The van der Waals surface area contributed by atoms with Crippen LogP contribution in [0.1, 0.15) is 40.2 Å². The topological polar surface area (TPSA) is 61.4 Å². The molecule has 1 atom stereocenters. The molecule has 0 radical (unpaired) electrons. The summed E-state index contributed by atoms with van der Waals surface area (Å²) in [5.74, 6) is -1.55. The van der Waals surface area contributed by atoms with Crippen molar-refractivity contribution in [1.82, 2.24) is 15.5 Å². The fourth-order valence-electron chi connectivity index (χ4n) is 2.34. The first kappa shape index (κ1) is 20.9. The quantitative estimate of drug-likeness (QED) is 0.824. The molecule has 0 aliphatic heterocycles. The summed E-state index contributed by atoms with van der Waals surface area (Å²) in [6, 6.07) is 2.73. The highest BCUT2D eigenvalue weighted by molar-refractivity contribution is 5.84. The standard InChI is InChI=1S/C18H27F2N3O2/c1-6-23(11-16(24)22-18(3,4)5)17(25)21-12(2)10-13-14(19)8-7-9-15(13)20/h7-9,12H,6,10-11H2,1-5H3,(H,21,25)(H,22,24). The van der Waals surface area contributed by atoms with Crippen LogP contribution < -0.4 is 10.6 Å². The number of halogens is 2. The summed E-state index contributed by atoms with van der Waals surface area (Å²) in [7, 11) is 0. The van der Waals surface area contributed by atoms with Crippen molar-refractivity contribution in [2.75, 3.05) is 13.1 Å². The minimum atomic E-state index is -0.641. The summed E-state index contributed by atoms with van der Waals surface area (Å²) in [6.07, 6.45) is 0.0238. The largest absolute Gasteiger partial charge is 0.350 e. The maximum Gasteiger partial charge on any atom is 0.318 e. The summed E-state index contributed by atoms with van der Waals surface area (Å²) < 4.78 is 27.4. The first-order valence-corrected chi connectivity index (χ1v) is 8.32. The van der Waals surface area contributed by atoms with Crippen LogP contribution in [0.3, 0.4) is 0 Å². The third kappa shape index (κ3) is 7.07. The van der Waals surface area contributed by atoms with E-state index in [4.69, 9.17) is 0 Å². The van der Waals surface area contributed by atoms with Gasteiger partial charge in [0, 0.05) is 23.7 Å². The molecule has 1 aromatic rings. The van der Waals surface area contributed by atoms with Crippen LogP contribution in [-0.4, -0.2) is 41.5 Å². The van der Waals surface area contributed by atoms with Gasteiger partial charge in [0.1, 0.15) is 18.2 Å². The number of urea groups is 1. The van der Waals surface area contributed by atoms with Gasteiger partial charge in [-0.15, -0.1) is 0 Å². The lowest BCUT2D eigenvalue weighted by Crippen LogP contribution is -2.51. The van der Waals surface area contributed by atoms with Crippen molar-refractivity contribution in [2.45, 2.75) is 52.6 Å². The zero-order chi connectivity index (χ0) is 19.2. The van der Waals surface area contributed by atoms with E-state index in [2.05, 4.69) is 10.6 Å². The van der Waals surface area contributed by atoms with Crippen LogP contribution in [0.5, 0.6) is 0 Å². The monoisotopic (exact) mass is 355 g/mol. The lowest BCUT2D eigenvalue weighted by atomic mass is 10.1. The average Bonchev–Trinajstić information content (AvgIpc) is 2.46. The Bertz CT molecular complexity index is 595. The number of amides is 3. The van der Waals surface area contributed by atoms with E-state index < -0.39 is 23.7 Å². The molecule has 1 unspecified atom stereocenters. The van der Waals surface area contributed by atoms with Gasteiger partial charge in [-0.3, -0.25) is 4.79 Å². The molecule has 25 heavy (non-hydrogen) atoms. The highest BCUT2D eigenvalue weighted by Gasteiger charge is 2.21. The first-order chi connectivity index (χ1) is 11.5. The molecule has 0 bridgehead atoms. The average molecular weight is 355 g/mol. The molecule has 1 rings (SSSR count). The van der Waals surface area contributed by atoms with Crippen molar-refractivity contribution in [3.8, 4) is 0 Å². The molecule has 0 aliphatic carbocycles. The van der Waals surface area contributed by atoms with Gasteiger partial charge in [-0.2, -0.15) is 0 Å². The maximum absolute atomic E-state index is 13.7. The van der Waals surface area contributed by atoms with Gasteiger partial charge < -0.3 is 15.5 Å². The number of hydrogen-bond acceptors (Lipinski definition) is 2. The fourth-order valence-corrected chi connectivity index (χ4v) is 2.34. The van der Waals surface area contributed by atoms with Gasteiger partial charge in [-0.1, -0.05) is 6.07 Å². The Kier molecular flexibility index (Phi) is 7.33. The number of nitrogens with one attached hydrogen (secondary N) is 2. The molecule has 0 fully saturated rings. The van der Waals surface area contributed by atoms with Crippen LogP contribution >= 0.6 is 0 Å². The lowest BCUT2D eigenvalue weighted by molar-refractivity contribution is -0.123. The van der Waals surface area contributed by atoms with E-state index in [1.54, 1.807) is 13.8 Å². The van der Waals surface area contributed by atoms with Gasteiger partial charge >= 0.3 is 6.03 Å². The minimum Gasteiger partial charge on any atom is -0.350 e. The highest BCUT2D eigenvalue weighted by atomic mass is 19.1. The molecule has 1 aromatic carbocycles. The van der Waals surface area contributed by atoms with E-state index in [0.717, 1.165) is 0 Å². The van der Waals surface area contributed by atoms with Gasteiger partial charge in [0.05, 0.1) is 0 Å². The van der Waals surface area contributed by atoms with E-state index in [9.17, 15) is 18.4 Å². The van der Waals surface area contributed by atoms with E-state index in [1.165, 1.54) is 23.1 Å². The molecule has 0 saturated heterocycles. The van der Waals surface area contributed by atoms with Crippen LogP contribution in [0.15, 0.2) is 18.2 Å². The Morgan fingerprint density at radius 3 is 2.24 bits per heavy atom. The van der Waals surface area contributed by atoms with Gasteiger partial charge in [-0.05, 0) is 53.2 Å². The molecule has 140 valence electrons. The SMILES string of the molecule is CCN(CC(=O)NC(C)(C)C)C(=O)NC(C)Cc1c(F)cccc1F. The molecule has 0 saturated carbocycles. The number of carbonyl (C=O) groups is 2. The van der Waals surface area contributed by atoms with Gasteiger partial charge in [0.25, 0.3) is 0 Å². The Morgan fingerprint density at radius 2 is 1.76 bits per heavy atom. The normalized spacial score (nSPS) is 12.4. The van der Waals surface area contributed by atoms with Crippen molar-refractivity contribution < 1.29 is 18.4 Å². The molecule has 5 nitrogen and oxygen atoms in total. The summed E-state index contributed by atoms with van der Waals surface area (Å²) in [6.45, 7) is 9.23. The van der Waals surface area contributed by atoms with Crippen molar-refractivity contribution in [2.24, 2.45) is 0 Å². The molecule has 3 amide bonds. The van der Waals surface area contributed by atoms with Crippen LogP contribution in [0.2, 0.25) is 0 Å². The molecule has 7 heteroatoms. The summed E-state index contributed by atoms with van der Waals surface area (Å²) >= 11 is 0. The summed E-state index contributed by atoms with van der Waals surface area (Å²) in [4.78, 5) is 25.6. The second-order valence-electron chi connectivity index (χ2n) is 7.07. The first-order valence-electron chi connectivity index (χ1n) is 8.32. The Balaban J connectivity index is 2.64. The van der Waals surface area contributed by atoms with Crippen molar-refractivity contribution in [1.29, 1.82) is 0 Å². The lowest BCUT2D eigenvalue weighted by Gasteiger charge is -2.26. The smallest absolute Gasteiger partial charge is 0.318 e. The van der Waals surface area contributed by atoms with E-state index in [1.807, 2.05) is 20.8 Å². The predicted molar refractivity (Wildman–Crippen MR) is 93.2 cm³/mol. The summed E-state index contributed by atoms with van der Waals surface area (Å²) in [5, 5.41) is 5.46. The Morgan fingerprint density at radius 1 is 1.20 bits per heavy atom. The zero-order valence-electron chi connectivity index (χ0n) is 15.5. The van der Waals surface area contributed by atoms with Gasteiger partial charge in [-0.25, -0.2) is 13.6 Å². The molecule has 0 heterocycles. The van der Waals surface area contributed by atoms with Crippen molar-refractivity contribution in [3.05, 3.63) is 35.4 Å². The van der Waals surface area contributed by atoms with E-state index in [0.29, 0.717) is 6.54 Å². The Hall–Kier alpha value is -2.18. The highest BCUT2D eigenvalue weighted by Crippen LogP contribution is 2.14. The minimum absolute atomic E-state index is 0.0238. The van der Waals surface area contributed by atoms with Gasteiger partial charge in [0.2, 0.25) is 5.91 Å². The van der Waals surface area contributed by atoms with E-state index >= 15 is 0 Å². The van der Waals surface area contributed by atoms with E-state index in [-0.39, 0.29) is 30.0 Å². The third-order valence-electron chi connectivity index (χ3n) is 3.46. The number of hydrogen-bond donors (Lipinski definition) is 2. The predicted octanol–water partition coefficient (Wildman–Crippen LogP) is 2.84. The number of benzene rings is 1. The van der Waals surface area contributed by atoms with Crippen LogP contribution in [0.25, 0.3) is 0 Å². The van der Waals surface area contributed by atoms with Crippen LogP contribution in [0.4, 0.5) is 13.6 Å². The van der Waals surface area contributed by atoms with Crippen molar-refractivity contribution >= 4 is 11.9 Å². The number of rotatable bonds is 6. The molecular formula is C18H27F2N3O2. The Labute approximate surface area is 147 Å². The van der Waals surface area contributed by atoms with Crippen molar-refractivity contribution in [3.63, 3.8) is 0 Å². The number of carbonyl (C=O) groups excluding carboxylic acids is 2. The fraction of sp³-hybridized carbons (Fsp3) is 0.556. The second-order valence-corrected chi connectivity index (χ2v) is 7.07. The third-order valence-corrected chi connectivity index (χ3v) is 3.46. The molecular weight excluding hydrogens is 328 g/mol. The number of likely N-dealkylation sites (N-methyl/N-ethyl adjacent to an activating group) is 1. The van der Waals surface area contributed by atoms with Crippen LogP contribution in [-0.2, 0) is 11.2 Å². The molecule has 0 spiro atoms. The zero-order valence-corrected chi connectivity index (χ0v) is 15.5. The second kappa shape index (κ2) is 8.78. The molecule has 2 N–H and O–H groups in total. The van der Waals surface area contributed by atoms with Crippen LogP contribution in [0, 0.1) is 11.6 Å². The maximum atomic E-state index is 13.7.